The van der Waals surface area contributed by atoms with Gasteiger partial charge in [-0.25, -0.2) is 0 Å². The van der Waals surface area contributed by atoms with Crippen molar-refractivity contribution >= 4 is 5.78 Å². The minimum absolute atomic E-state index is 0.126. The summed E-state index contributed by atoms with van der Waals surface area (Å²) in [5, 5.41) is 0. The Morgan fingerprint density at radius 2 is 1.62 bits per heavy atom. The predicted molar refractivity (Wildman–Crippen MR) is 100 cm³/mol. The van der Waals surface area contributed by atoms with Crippen LogP contribution < -0.4 is 0 Å². The van der Waals surface area contributed by atoms with E-state index in [1.807, 2.05) is 0 Å². The number of carbonyl (C=O) groups is 1. The summed E-state index contributed by atoms with van der Waals surface area (Å²) < 4.78 is 13.2. The number of Topliss-reactive ketones (excluding diaryl/α,β-unsaturated/α-hetero) is 1. The molecule has 9 atom stereocenters. The van der Waals surface area contributed by atoms with Crippen LogP contribution in [0.4, 0.5) is 0 Å². The number of carbonyl (C=O) groups excluding carboxylic acids is 1. The molecule has 1 aliphatic heterocycles. The van der Waals surface area contributed by atoms with Gasteiger partial charge in [-0.3, -0.25) is 4.79 Å². The zero-order valence-electron chi connectivity index (χ0n) is 17.2. The van der Waals surface area contributed by atoms with E-state index in [1.54, 1.807) is 0 Å². The molecule has 1 saturated heterocycles. The smallest absolute Gasteiger partial charge is 0.163 e. The first-order valence-corrected chi connectivity index (χ1v) is 11.1. The van der Waals surface area contributed by atoms with Crippen LogP contribution in [0.1, 0.15) is 79.6 Å². The van der Waals surface area contributed by atoms with Gasteiger partial charge in [-0.1, -0.05) is 33.6 Å². The summed E-state index contributed by atoms with van der Waals surface area (Å²) in [7, 11) is 0. The van der Waals surface area contributed by atoms with Crippen molar-refractivity contribution in [3.05, 3.63) is 0 Å². The van der Waals surface area contributed by atoms with Crippen LogP contribution in [0.25, 0.3) is 0 Å². The summed E-state index contributed by atoms with van der Waals surface area (Å²) in [4.78, 5) is 13.0. The molecule has 3 heteroatoms. The van der Waals surface area contributed by atoms with Crippen molar-refractivity contribution in [2.24, 2.45) is 40.4 Å². The molecule has 4 saturated carbocycles. The maximum atomic E-state index is 13.0. The Morgan fingerprint density at radius 1 is 0.885 bits per heavy atom. The quantitative estimate of drug-likeness (QED) is 0.611. The highest BCUT2D eigenvalue weighted by atomic mass is 16.8. The molecule has 1 heterocycles. The van der Waals surface area contributed by atoms with Crippen molar-refractivity contribution in [2.45, 2.75) is 97.6 Å². The molecule has 0 bridgehead atoms. The molecule has 4 aliphatic carbocycles. The van der Waals surface area contributed by atoms with E-state index in [1.165, 1.54) is 32.1 Å². The molecule has 0 aromatic heterocycles. The minimum Gasteiger partial charge on any atom is -0.344 e. The Balaban J connectivity index is 1.60. The summed E-state index contributed by atoms with van der Waals surface area (Å²) in [6.45, 7) is 11.2. The van der Waals surface area contributed by atoms with E-state index < -0.39 is 5.79 Å². The van der Waals surface area contributed by atoms with Crippen LogP contribution in [0, 0.1) is 40.4 Å². The Labute approximate surface area is 158 Å². The van der Waals surface area contributed by atoms with Crippen molar-refractivity contribution in [1.82, 2.24) is 0 Å². The van der Waals surface area contributed by atoms with E-state index in [0.29, 0.717) is 34.9 Å². The Morgan fingerprint density at radius 3 is 2.38 bits per heavy atom. The van der Waals surface area contributed by atoms with Crippen molar-refractivity contribution in [1.29, 1.82) is 0 Å². The fourth-order valence-electron chi connectivity index (χ4n) is 8.35. The molecule has 26 heavy (non-hydrogen) atoms. The normalized spacial score (nSPS) is 57.9. The highest BCUT2D eigenvalue weighted by Crippen LogP contribution is 2.68. The third-order valence-electron chi connectivity index (χ3n) is 9.45. The van der Waals surface area contributed by atoms with Crippen molar-refractivity contribution < 1.29 is 14.3 Å². The minimum atomic E-state index is -0.481. The number of hydrogen-bond donors (Lipinski definition) is 0. The summed E-state index contributed by atoms with van der Waals surface area (Å²) in [6, 6.07) is 0. The van der Waals surface area contributed by atoms with Gasteiger partial charge in [-0.15, -0.1) is 0 Å². The number of hydrogen-bond acceptors (Lipinski definition) is 3. The molecule has 0 N–H and O–H groups in total. The summed E-state index contributed by atoms with van der Waals surface area (Å²) in [6.07, 6.45) is 9.08. The molecular formula is C23H36O3. The lowest BCUT2D eigenvalue weighted by Gasteiger charge is -2.62. The lowest BCUT2D eigenvalue weighted by atomic mass is 9.44. The molecule has 5 unspecified atom stereocenters. The lowest BCUT2D eigenvalue weighted by molar-refractivity contribution is -0.177. The van der Waals surface area contributed by atoms with Gasteiger partial charge in [-0.05, 0) is 75.0 Å². The SMILES string of the molecule is CC1CC2C3C(CC[C@]2(C)C1=O)[C@@]1(C)CCCCC1[C@H]1OC(C)(C)O[C@H]31. The maximum Gasteiger partial charge on any atom is 0.163 e. The molecule has 0 spiro atoms. The van der Waals surface area contributed by atoms with Crippen LogP contribution >= 0.6 is 0 Å². The van der Waals surface area contributed by atoms with Crippen LogP contribution in [0.2, 0.25) is 0 Å². The van der Waals surface area contributed by atoms with Gasteiger partial charge < -0.3 is 9.47 Å². The third-order valence-corrected chi connectivity index (χ3v) is 9.45. The zero-order valence-corrected chi connectivity index (χ0v) is 17.2. The predicted octanol–water partition coefficient (Wildman–Crippen LogP) is 4.97. The van der Waals surface area contributed by atoms with E-state index in [2.05, 4.69) is 34.6 Å². The van der Waals surface area contributed by atoms with Gasteiger partial charge in [0, 0.05) is 11.3 Å². The summed E-state index contributed by atoms with van der Waals surface area (Å²) in [5.41, 5.74) is 0.239. The Bertz CT molecular complexity index is 627. The molecule has 0 radical (unpaired) electrons. The molecule has 0 aromatic rings. The van der Waals surface area contributed by atoms with Crippen LogP contribution in [0.15, 0.2) is 0 Å². The van der Waals surface area contributed by atoms with E-state index in [9.17, 15) is 4.79 Å². The second kappa shape index (κ2) is 5.35. The van der Waals surface area contributed by atoms with E-state index >= 15 is 0 Å². The van der Waals surface area contributed by atoms with E-state index in [-0.39, 0.29) is 23.5 Å². The lowest BCUT2D eigenvalue weighted by Crippen LogP contribution is -2.62. The second-order valence-corrected chi connectivity index (χ2v) is 11.2. The summed E-state index contributed by atoms with van der Waals surface area (Å²) >= 11 is 0. The molecule has 5 rings (SSSR count). The maximum absolute atomic E-state index is 13.0. The fourth-order valence-corrected chi connectivity index (χ4v) is 8.35. The molecular weight excluding hydrogens is 324 g/mol. The van der Waals surface area contributed by atoms with Gasteiger partial charge in [0.2, 0.25) is 0 Å². The van der Waals surface area contributed by atoms with Crippen LogP contribution in [0.3, 0.4) is 0 Å². The average Bonchev–Trinajstić information content (AvgIpc) is 3.01. The Hall–Kier alpha value is -0.410. The van der Waals surface area contributed by atoms with Crippen molar-refractivity contribution in [3.63, 3.8) is 0 Å². The molecule has 146 valence electrons. The second-order valence-electron chi connectivity index (χ2n) is 11.2. The van der Waals surface area contributed by atoms with E-state index in [0.717, 1.165) is 12.8 Å². The van der Waals surface area contributed by atoms with Gasteiger partial charge in [0.25, 0.3) is 0 Å². The van der Waals surface area contributed by atoms with Crippen molar-refractivity contribution in [3.8, 4) is 0 Å². The monoisotopic (exact) mass is 360 g/mol. The molecule has 0 aromatic carbocycles. The Kier molecular flexibility index (Phi) is 3.63. The number of ether oxygens (including phenoxy) is 2. The van der Waals surface area contributed by atoms with Gasteiger partial charge in [0.15, 0.2) is 5.79 Å². The third kappa shape index (κ3) is 2.11. The first-order chi connectivity index (χ1) is 12.2. The van der Waals surface area contributed by atoms with Gasteiger partial charge >= 0.3 is 0 Å². The van der Waals surface area contributed by atoms with Gasteiger partial charge in [0.1, 0.15) is 5.78 Å². The van der Waals surface area contributed by atoms with Gasteiger partial charge in [0.05, 0.1) is 12.2 Å². The molecule has 3 nitrogen and oxygen atoms in total. The first-order valence-electron chi connectivity index (χ1n) is 11.1. The number of fused-ring (bicyclic) bond motifs is 8. The fraction of sp³-hybridized carbons (Fsp3) is 0.957. The topological polar surface area (TPSA) is 35.5 Å². The zero-order chi connectivity index (χ0) is 18.5. The number of rotatable bonds is 0. The molecule has 5 aliphatic rings. The number of ketones is 1. The largest absolute Gasteiger partial charge is 0.344 e. The highest BCUT2D eigenvalue weighted by Gasteiger charge is 2.68. The highest BCUT2D eigenvalue weighted by molar-refractivity contribution is 5.89. The summed E-state index contributed by atoms with van der Waals surface area (Å²) in [5.74, 6) is 2.55. The average molecular weight is 361 g/mol. The van der Waals surface area contributed by atoms with Crippen LogP contribution in [-0.2, 0) is 14.3 Å². The van der Waals surface area contributed by atoms with Crippen LogP contribution in [0.5, 0.6) is 0 Å². The first kappa shape index (κ1) is 17.7. The van der Waals surface area contributed by atoms with Crippen molar-refractivity contribution in [2.75, 3.05) is 0 Å². The standard InChI is InChI=1S/C23H36O3/c1-13-12-16-17-14(9-11-23(16,5)20(13)24)22(4)10-7-6-8-15(22)18-19(17)26-21(2,3)25-18/h13-19H,6-12H2,1-5H3/t13?,14?,15?,16?,17?,18-,19-,22-,23+/m1/s1. The van der Waals surface area contributed by atoms with Gasteiger partial charge in [-0.2, -0.15) is 0 Å². The molecule has 5 fully saturated rings. The molecule has 0 amide bonds. The van der Waals surface area contributed by atoms with E-state index in [4.69, 9.17) is 9.47 Å². The van der Waals surface area contributed by atoms with Crippen LogP contribution in [-0.4, -0.2) is 23.8 Å².